The summed E-state index contributed by atoms with van der Waals surface area (Å²) in [6.45, 7) is 8.05. The molecule has 0 spiro atoms. The van der Waals surface area contributed by atoms with Crippen molar-refractivity contribution in [2.45, 2.75) is 38.9 Å². The van der Waals surface area contributed by atoms with Gasteiger partial charge in [0.05, 0.1) is 22.5 Å². The maximum atomic E-state index is 12.0. The van der Waals surface area contributed by atoms with Gasteiger partial charge < -0.3 is 14.4 Å². The van der Waals surface area contributed by atoms with E-state index in [0.29, 0.717) is 22.0 Å². The van der Waals surface area contributed by atoms with Crippen molar-refractivity contribution in [1.29, 1.82) is 0 Å². The fraction of sp³-hybridized carbons (Fsp3) is 0.273. The second-order valence-electron chi connectivity index (χ2n) is 8.20. The van der Waals surface area contributed by atoms with Gasteiger partial charge in [-0.1, -0.05) is 30.3 Å². The summed E-state index contributed by atoms with van der Waals surface area (Å²) in [4.78, 5) is 19.0. The Morgan fingerprint density at radius 1 is 1.00 bits per heavy atom. The second kappa shape index (κ2) is 6.86. The highest BCUT2D eigenvalue weighted by molar-refractivity contribution is 6.62. The molecule has 3 aromatic rings. The summed E-state index contributed by atoms with van der Waals surface area (Å²) < 4.78 is 12.2. The Morgan fingerprint density at radius 2 is 1.66 bits per heavy atom. The molecule has 0 amide bonds. The van der Waals surface area contributed by atoms with E-state index in [1.165, 1.54) is 0 Å². The average Bonchev–Trinajstić information content (AvgIpc) is 2.89. The third-order valence-electron chi connectivity index (χ3n) is 5.69. The lowest BCUT2D eigenvalue weighted by atomic mass is 9.79. The molecular weight excluding hydrogens is 367 g/mol. The lowest BCUT2D eigenvalue weighted by Gasteiger charge is -2.32. The molecule has 0 unspecified atom stereocenters. The summed E-state index contributed by atoms with van der Waals surface area (Å²) in [5.41, 5.74) is 0.842. The van der Waals surface area contributed by atoms with Gasteiger partial charge in [0.2, 0.25) is 5.88 Å². The molecule has 1 aromatic heterocycles. The van der Waals surface area contributed by atoms with Gasteiger partial charge in [-0.3, -0.25) is 14.8 Å². The normalized spacial score (nSPS) is 18.0. The first-order chi connectivity index (χ1) is 13.7. The van der Waals surface area contributed by atoms with Crippen LogP contribution in [0.4, 0.5) is 5.69 Å². The van der Waals surface area contributed by atoms with Crippen LogP contribution in [0.5, 0.6) is 5.88 Å². The molecule has 2 aromatic carbocycles. The Balaban J connectivity index is 1.67. The van der Waals surface area contributed by atoms with Gasteiger partial charge in [0, 0.05) is 17.0 Å². The largest absolute Gasteiger partial charge is 0.494 e. The number of aromatic amines is 1. The Hall–Kier alpha value is -2.90. The number of benzene rings is 2. The predicted octanol–water partition coefficient (Wildman–Crippen LogP) is 3.28. The van der Waals surface area contributed by atoms with Crippen molar-refractivity contribution in [3.05, 3.63) is 64.4 Å². The molecule has 1 saturated heterocycles. The van der Waals surface area contributed by atoms with Crippen LogP contribution in [0.15, 0.2) is 58.3 Å². The molecule has 0 radical (unpaired) electrons. The number of aromatic nitrogens is 1. The molecule has 2 N–H and O–H groups in total. The molecule has 4 rings (SSSR count). The summed E-state index contributed by atoms with van der Waals surface area (Å²) in [5, 5.41) is 11.4. The molecule has 0 bridgehead atoms. The maximum absolute atomic E-state index is 12.0. The molecular formula is C22H23BN2O4. The number of nitrogens with one attached hydrogen (secondary N) is 1. The van der Waals surface area contributed by atoms with Crippen molar-refractivity contribution < 1.29 is 14.4 Å². The van der Waals surface area contributed by atoms with Gasteiger partial charge in [-0.25, -0.2) is 0 Å². The van der Waals surface area contributed by atoms with Crippen LogP contribution in [-0.2, 0) is 9.31 Å². The molecule has 6 nitrogen and oxygen atoms in total. The number of hydrogen-bond acceptors (Lipinski definition) is 5. The highest BCUT2D eigenvalue weighted by atomic mass is 16.7. The third kappa shape index (κ3) is 3.47. The van der Waals surface area contributed by atoms with Crippen LogP contribution in [0.3, 0.4) is 0 Å². The Bertz CT molecular complexity index is 1150. The standard InChI is InChI=1S/C22H23BN2O4/c1-21(2)22(3,4)29-23(28-21)14-8-7-9-15(12-14)24-13-18-16-10-5-6-11-17(16)19(26)25-20(18)27/h5-13H,1-4H3,(H2,25,26,27). The Kier molecular flexibility index (Phi) is 4.60. The van der Waals surface area contributed by atoms with Crippen molar-refractivity contribution >= 4 is 35.3 Å². The highest BCUT2D eigenvalue weighted by Gasteiger charge is 2.51. The van der Waals surface area contributed by atoms with E-state index in [9.17, 15) is 9.90 Å². The van der Waals surface area contributed by atoms with Crippen molar-refractivity contribution in [3.8, 4) is 5.88 Å². The molecule has 1 fully saturated rings. The van der Waals surface area contributed by atoms with Crippen LogP contribution in [0, 0.1) is 0 Å². The number of fused-ring (bicyclic) bond motifs is 1. The van der Waals surface area contributed by atoms with Gasteiger partial charge in [0.1, 0.15) is 0 Å². The Labute approximate surface area is 169 Å². The van der Waals surface area contributed by atoms with E-state index in [1.807, 2.05) is 58.0 Å². The number of aromatic hydroxyl groups is 1. The van der Waals surface area contributed by atoms with Crippen molar-refractivity contribution in [1.82, 2.24) is 4.98 Å². The molecule has 1 aliphatic rings. The number of hydrogen-bond donors (Lipinski definition) is 2. The van der Waals surface area contributed by atoms with Gasteiger partial charge in [0.15, 0.2) is 0 Å². The zero-order valence-electron chi connectivity index (χ0n) is 16.9. The predicted molar refractivity (Wildman–Crippen MR) is 116 cm³/mol. The maximum Gasteiger partial charge on any atom is 0.494 e. The zero-order chi connectivity index (χ0) is 20.8. The summed E-state index contributed by atoms with van der Waals surface area (Å²) >= 11 is 0. The number of rotatable bonds is 3. The van der Waals surface area contributed by atoms with Gasteiger partial charge in [-0.2, -0.15) is 0 Å². The minimum absolute atomic E-state index is 0.209. The first-order valence-electron chi connectivity index (χ1n) is 9.52. The quantitative estimate of drug-likeness (QED) is 0.531. The van der Waals surface area contributed by atoms with Crippen molar-refractivity contribution in [2.24, 2.45) is 4.99 Å². The van der Waals surface area contributed by atoms with E-state index in [2.05, 4.69) is 9.98 Å². The molecule has 1 aliphatic heterocycles. The number of H-pyrrole nitrogens is 1. The smallest absolute Gasteiger partial charge is 0.494 e. The number of pyridine rings is 1. The van der Waals surface area contributed by atoms with Crippen LogP contribution in [0.2, 0.25) is 0 Å². The van der Waals surface area contributed by atoms with Gasteiger partial charge in [-0.15, -0.1) is 0 Å². The number of nitrogens with zero attached hydrogens (tertiary/aromatic N) is 1. The molecule has 7 heteroatoms. The first-order valence-corrected chi connectivity index (χ1v) is 9.52. The lowest BCUT2D eigenvalue weighted by Crippen LogP contribution is -2.41. The summed E-state index contributed by atoms with van der Waals surface area (Å²) in [6, 6.07) is 14.7. The monoisotopic (exact) mass is 390 g/mol. The number of aliphatic imine (C=N–C) groups is 1. The van der Waals surface area contributed by atoms with E-state index >= 15 is 0 Å². The van der Waals surface area contributed by atoms with E-state index < -0.39 is 18.3 Å². The molecule has 0 aliphatic carbocycles. The minimum atomic E-state index is -0.475. The lowest BCUT2D eigenvalue weighted by molar-refractivity contribution is 0.00578. The van der Waals surface area contributed by atoms with E-state index in [-0.39, 0.29) is 11.4 Å². The fourth-order valence-corrected chi connectivity index (χ4v) is 3.29. The third-order valence-corrected chi connectivity index (χ3v) is 5.69. The fourth-order valence-electron chi connectivity index (χ4n) is 3.29. The molecule has 148 valence electrons. The van der Waals surface area contributed by atoms with Gasteiger partial charge in [0.25, 0.3) is 5.56 Å². The molecule has 0 atom stereocenters. The van der Waals surface area contributed by atoms with Crippen molar-refractivity contribution in [2.75, 3.05) is 0 Å². The molecule has 29 heavy (non-hydrogen) atoms. The van der Waals surface area contributed by atoms with Crippen LogP contribution in [-0.4, -0.2) is 34.6 Å². The Morgan fingerprint density at radius 3 is 2.34 bits per heavy atom. The topological polar surface area (TPSA) is 83.9 Å². The summed E-state index contributed by atoms with van der Waals surface area (Å²) in [6.07, 6.45) is 1.55. The van der Waals surface area contributed by atoms with Crippen molar-refractivity contribution in [3.63, 3.8) is 0 Å². The zero-order valence-corrected chi connectivity index (χ0v) is 16.9. The average molecular weight is 390 g/mol. The van der Waals surface area contributed by atoms with E-state index in [4.69, 9.17) is 9.31 Å². The molecule has 0 saturated carbocycles. The van der Waals surface area contributed by atoms with Gasteiger partial charge in [-0.05, 0) is 51.4 Å². The van der Waals surface area contributed by atoms with Crippen LogP contribution >= 0.6 is 0 Å². The summed E-state index contributed by atoms with van der Waals surface area (Å²) in [7, 11) is -0.475. The molecule has 2 heterocycles. The van der Waals surface area contributed by atoms with Crippen LogP contribution < -0.4 is 11.0 Å². The highest BCUT2D eigenvalue weighted by Crippen LogP contribution is 2.36. The second-order valence-corrected chi connectivity index (χ2v) is 8.20. The first kappa shape index (κ1) is 19.4. The van der Waals surface area contributed by atoms with E-state index in [0.717, 1.165) is 5.46 Å². The summed E-state index contributed by atoms with van der Waals surface area (Å²) in [5.74, 6) is -0.209. The van der Waals surface area contributed by atoms with Gasteiger partial charge >= 0.3 is 7.12 Å². The van der Waals surface area contributed by atoms with Crippen LogP contribution in [0.25, 0.3) is 10.8 Å². The minimum Gasteiger partial charge on any atom is -0.494 e. The van der Waals surface area contributed by atoms with E-state index in [1.54, 1.807) is 24.4 Å². The SMILES string of the molecule is CC1(C)OB(c2cccc(N=Cc3c(O)[nH]c(=O)c4ccccc34)c2)OC1(C)C. The van der Waals surface area contributed by atoms with Crippen LogP contribution in [0.1, 0.15) is 33.3 Å².